The molecule has 0 heterocycles. The van der Waals surface area contributed by atoms with E-state index in [-0.39, 0.29) is 29.1 Å². The first-order valence-corrected chi connectivity index (χ1v) is 13.7. The number of benzene rings is 3. The number of sulfonamides is 1. The summed E-state index contributed by atoms with van der Waals surface area (Å²) >= 11 is 0. The van der Waals surface area contributed by atoms with Crippen LogP contribution >= 0.6 is 0 Å². The number of amidine groups is 1. The van der Waals surface area contributed by atoms with Crippen LogP contribution in [0.15, 0.2) is 77.7 Å². The van der Waals surface area contributed by atoms with Gasteiger partial charge in [0.25, 0.3) is 0 Å². The number of nitrogen functional groups attached to an aromatic ring is 1. The van der Waals surface area contributed by atoms with Crippen LogP contribution < -0.4 is 10.9 Å². The quantitative estimate of drug-likeness (QED) is 0.314. The van der Waals surface area contributed by atoms with Gasteiger partial charge in [-0.05, 0) is 41.7 Å². The number of carbonyl (C=O) groups is 1. The first-order valence-electron chi connectivity index (χ1n) is 12.2. The molecule has 0 atom stereocenters. The van der Waals surface area contributed by atoms with Gasteiger partial charge in [0.15, 0.2) is 0 Å². The SMILES string of the molecule is N=C(N)c1cccc(CN(C(=O)Cc2ccc(-c3ccccc3S(N)(=O)=O)cc2)C2CCCCC2)c1. The number of nitrogens with zero attached hydrogens (tertiary/aromatic N) is 1. The van der Waals surface area contributed by atoms with E-state index in [4.69, 9.17) is 16.3 Å². The summed E-state index contributed by atoms with van der Waals surface area (Å²) in [5.74, 6) is 0.0595. The molecule has 188 valence electrons. The molecule has 0 saturated heterocycles. The zero-order valence-electron chi connectivity index (χ0n) is 20.2. The zero-order valence-corrected chi connectivity index (χ0v) is 21.0. The maximum absolute atomic E-state index is 13.5. The molecule has 1 aliphatic rings. The summed E-state index contributed by atoms with van der Waals surface area (Å²) in [6.45, 7) is 0.477. The number of primary sulfonamides is 1. The van der Waals surface area contributed by atoms with E-state index in [2.05, 4.69) is 0 Å². The van der Waals surface area contributed by atoms with Crippen LogP contribution in [0.1, 0.15) is 48.8 Å². The van der Waals surface area contributed by atoms with E-state index in [0.717, 1.165) is 42.4 Å². The van der Waals surface area contributed by atoms with Gasteiger partial charge in [0.1, 0.15) is 5.84 Å². The fourth-order valence-electron chi connectivity index (χ4n) is 4.88. The Hall–Kier alpha value is -3.49. The van der Waals surface area contributed by atoms with E-state index in [0.29, 0.717) is 17.7 Å². The van der Waals surface area contributed by atoms with Gasteiger partial charge in [-0.3, -0.25) is 10.2 Å². The standard InChI is InChI=1S/C28H32N4O3S/c29-28(30)23-8-6-7-21(17-23)19-32(24-9-2-1-3-10-24)27(33)18-20-13-15-22(16-14-20)25-11-4-5-12-26(25)36(31,34)35/h4-8,11-17,24H,1-3,9-10,18-19H2,(H3,29,30)(H2,31,34,35). The molecule has 1 saturated carbocycles. The fraction of sp³-hybridized carbons (Fsp3) is 0.286. The number of carbonyl (C=O) groups excluding carboxylic acids is 1. The molecular weight excluding hydrogens is 472 g/mol. The number of nitrogens with one attached hydrogen (secondary N) is 1. The molecular formula is C28H32N4O3S. The van der Waals surface area contributed by atoms with E-state index in [1.54, 1.807) is 24.3 Å². The molecule has 1 amide bonds. The first-order chi connectivity index (χ1) is 17.2. The van der Waals surface area contributed by atoms with Crippen LogP contribution in [-0.2, 0) is 27.8 Å². The maximum atomic E-state index is 13.5. The predicted molar refractivity (Wildman–Crippen MR) is 142 cm³/mol. The molecule has 1 aliphatic carbocycles. The van der Waals surface area contributed by atoms with E-state index in [1.165, 1.54) is 12.5 Å². The average Bonchev–Trinajstić information content (AvgIpc) is 2.88. The van der Waals surface area contributed by atoms with Crippen molar-refractivity contribution >= 4 is 21.8 Å². The highest BCUT2D eigenvalue weighted by Crippen LogP contribution is 2.28. The summed E-state index contributed by atoms with van der Waals surface area (Å²) in [7, 11) is -3.85. The van der Waals surface area contributed by atoms with Gasteiger partial charge >= 0.3 is 0 Å². The van der Waals surface area contributed by atoms with Crippen molar-refractivity contribution in [2.75, 3.05) is 0 Å². The van der Waals surface area contributed by atoms with Gasteiger partial charge in [-0.1, -0.05) is 79.9 Å². The second-order valence-corrected chi connectivity index (χ2v) is 10.9. The van der Waals surface area contributed by atoms with Crippen molar-refractivity contribution in [2.45, 2.75) is 56.0 Å². The highest BCUT2D eigenvalue weighted by molar-refractivity contribution is 7.89. The lowest BCUT2D eigenvalue weighted by atomic mass is 9.93. The zero-order chi connectivity index (χ0) is 25.7. The van der Waals surface area contributed by atoms with E-state index in [1.807, 2.05) is 47.4 Å². The lowest BCUT2D eigenvalue weighted by Crippen LogP contribution is -2.41. The maximum Gasteiger partial charge on any atom is 0.238 e. The lowest BCUT2D eigenvalue weighted by molar-refractivity contribution is -0.134. The second kappa shape index (κ2) is 11.1. The number of nitrogens with two attached hydrogens (primary N) is 2. The van der Waals surface area contributed by atoms with Crippen LogP contribution in [0.2, 0.25) is 0 Å². The summed E-state index contributed by atoms with van der Waals surface area (Å²) < 4.78 is 24.0. The van der Waals surface area contributed by atoms with Crippen LogP contribution in [0.3, 0.4) is 0 Å². The topological polar surface area (TPSA) is 130 Å². The highest BCUT2D eigenvalue weighted by Gasteiger charge is 2.26. The van der Waals surface area contributed by atoms with Crippen molar-refractivity contribution in [1.82, 2.24) is 4.90 Å². The highest BCUT2D eigenvalue weighted by atomic mass is 32.2. The van der Waals surface area contributed by atoms with E-state index >= 15 is 0 Å². The van der Waals surface area contributed by atoms with Crippen LogP contribution in [0.5, 0.6) is 0 Å². The molecule has 7 nitrogen and oxygen atoms in total. The van der Waals surface area contributed by atoms with Gasteiger partial charge in [0.05, 0.1) is 11.3 Å². The first kappa shape index (κ1) is 25.6. The molecule has 0 bridgehead atoms. The average molecular weight is 505 g/mol. The van der Waals surface area contributed by atoms with Gasteiger partial charge in [-0.25, -0.2) is 13.6 Å². The molecule has 5 N–H and O–H groups in total. The minimum atomic E-state index is -3.85. The fourth-order valence-corrected chi connectivity index (χ4v) is 5.64. The van der Waals surface area contributed by atoms with Crippen molar-refractivity contribution in [3.8, 4) is 11.1 Å². The molecule has 3 aromatic rings. The molecule has 0 spiro atoms. The molecule has 8 heteroatoms. The Morgan fingerprint density at radius 1 is 0.917 bits per heavy atom. The normalized spacial score (nSPS) is 14.4. The molecule has 4 rings (SSSR count). The van der Waals surface area contributed by atoms with Crippen molar-refractivity contribution in [3.63, 3.8) is 0 Å². The van der Waals surface area contributed by atoms with Crippen molar-refractivity contribution in [2.24, 2.45) is 10.9 Å². The molecule has 0 radical (unpaired) electrons. The smallest absolute Gasteiger partial charge is 0.238 e. The Morgan fingerprint density at radius 3 is 2.28 bits per heavy atom. The number of rotatable bonds is 8. The van der Waals surface area contributed by atoms with Gasteiger partial charge < -0.3 is 10.6 Å². The third-order valence-corrected chi connectivity index (χ3v) is 7.71. The molecule has 0 aromatic heterocycles. The molecule has 0 aliphatic heterocycles. The summed E-state index contributed by atoms with van der Waals surface area (Å²) in [6, 6.07) is 21.7. The van der Waals surface area contributed by atoms with Crippen LogP contribution in [0.4, 0.5) is 0 Å². The van der Waals surface area contributed by atoms with Crippen LogP contribution in [-0.4, -0.2) is 31.1 Å². The minimum Gasteiger partial charge on any atom is -0.384 e. The lowest BCUT2D eigenvalue weighted by Gasteiger charge is -2.35. The third-order valence-electron chi connectivity index (χ3n) is 6.74. The summed E-state index contributed by atoms with van der Waals surface area (Å²) in [5.41, 5.74) is 9.39. The largest absolute Gasteiger partial charge is 0.384 e. The number of amides is 1. The van der Waals surface area contributed by atoms with E-state index in [9.17, 15) is 13.2 Å². The number of hydrogen-bond acceptors (Lipinski definition) is 4. The third kappa shape index (κ3) is 6.19. The molecule has 1 fully saturated rings. The Morgan fingerprint density at radius 2 is 1.61 bits per heavy atom. The van der Waals surface area contributed by atoms with Gasteiger partial charge in [0, 0.05) is 23.7 Å². The Bertz CT molecular complexity index is 1350. The van der Waals surface area contributed by atoms with Crippen molar-refractivity contribution in [3.05, 3.63) is 89.5 Å². The number of hydrogen-bond donors (Lipinski definition) is 3. The van der Waals surface area contributed by atoms with Crippen LogP contribution in [0, 0.1) is 5.41 Å². The molecule has 3 aromatic carbocycles. The van der Waals surface area contributed by atoms with Crippen LogP contribution in [0.25, 0.3) is 11.1 Å². The minimum absolute atomic E-state index is 0.0106. The Labute approximate surface area is 212 Å². The summed E-state index contributed by atoms with van der Waals surface area (Å²) in [5, 5.41) is 13.1. The predicted octanol–water partition coefficient (Wildman–Crippen LogP) is 4.19. The Kier molecular flexibility index (Phi) is 7.86. The van der Waals surface area contributed by atoms with Gasteiger partial charge in [0.2, 0.25) is 15.9 Å². The summed E-state index contributed by atoms with van der Waals surface area (Å²) in [6.07, 6.45) is 5.64. The van der Waals surface area contributed by atoms with Crippen molar-refractivity contribution < 1.29 is 13.2 Å². The van der Waals surface area contributed by atoms with Gasteiger partial charge in [-0.15, -0.1) is 0 Å². The summed E-state index contributed by atoms with van der Waals surface area (Å²) in [4.78, 5) is 15.6. The monoisotopic (exact) mass is 504 g/mol. The van der Waals surface area contributed by atoms with E-state index < -0.39 is 10.0 Å². The van der Waals surface area contributed by atoms with Gasteiger partial charge in [-0.2, -0.15) is 0 Å². The van der Waals surface area contributed by atoms with Crippen molar-refractivity contribution in [1.29, 1.82) is 5.41 Å². The Balaban J connectivity index is 1.55. The second-order valence-electron chi connectivity index (χ2n) is 9.34. The molecule has 36 heavy (non-hydrogen) atoms. The molecule has 0 unspecified atom stereocenters.